The molecule has 2 rings (SSSR count). The molecular weight excluding hydrogens is 194 g/mol. The highest BCUT2D eigenvalue weighted by Gasteiger charge is 2.27. The summed E-state index contributed by atoms with van der Waals surface area (Å²) in [4.78, 5) is 13.9. The molecule has 0 aromatic heterocycles. The molecule has 0 aromatic carbocycles. The average Bonchev–Trinajstić information content (AvgIpc) is 2.22. The first-order valence-corrected chi connectivity index (χ1v) is 5.70. The Morgan fingerprint density at radius 3 is 3.07 bits per heavy atom. The van der Waals surface area contributed by atoms with Gasteiger partial charge in [-0.05, 0) is 6.92 Å². The van der Waals surface area contributed by atoms with Crippen LogP contribution in [0.4, 0.5) is 0 Å². The average molecular weight is 213 g/mol. The molecule has 2 fully saturated rings. The number of hydrogen-bond donors (Lipinski definition) is 0. The number of hydrogen-bond acceptors (Lipinski definition) is 4. The summed E-state index contributed by atoms with van der Waals surface area (Å²) in [7, 11) is 0. The Balaban J connectivity index is 1.81. The van der Waals surface area contributed by atoms with Gasteiger partial charge in [0.05, 0.1) is 31.8 Å². The summed E-state index contributed by atoms with van der Waals surface area (Å²) < 4.78 is 10.8. The summed E-state index contributed by atoms with van der Waals surface area (Å²) in [5.41, 5.74) is 0. The second kappa shape index (κ2) is 5.05. The minimum absolute atomic E-state index is 0.0871. The summed E-state index contributed by atoms with van der Waals surface area (Å²) in [5.74, 6) is 0.449. The lowest BCUT2D eigenvalue weighted by molar-refractivity contribution is -0.132. The molecule has 0 radical (unpaired) electrons. The van der Waals surface area contributed by atoms with Crippen molar-refractivity contribution >= 4 is 5.78 Å². The molecule has 0 aliphatic carbocycles. The van der Waals surface area contributed by atoms with Crippen LogP contribution >= 0.6 is 0 Å². The first-order chi connectivity index (χ1) is 7.25. The van der Waals surface area contributed by atoms with E-state index in [0.717, 1.165) is 26.2 Å². The van der Waals surface area contributed by atoms with Crippen LogP contribution in [0.2, 0.25) is 0 Å². The number of carbonyl (C=O) groups is 1. The highest BCUT2D eigenvalue weighted by Crippen LogP contribution is 2.13. The second-order valence-electron chi connectivity index (χ2n) is 4.43. The summed E-state index contributed by atoms with van der Waals surface area (Å²) in [6, 6.07) is 0. The second-order valence-corrected chi connectivity index (χ2v) is 4.43. The predicted molar refractivity (Wildman–Crippen MR) is 55.8 cm³/mol. The van der Waals surface area contributed by atoms with Crippen molar-refractivity contribution in [3.8, 4) is 0 Å². The van der Waals surface area contributed by atoms with E-state index in [1.54, 1.807) is 0 Å². The van der Waals surface area contributed by atoms with Crippen LogP contribution in [0.5, 0.6) is 0 Å². The first kappa shape index (κ1) is 11.0. The fraction of sp³-hybridized carbons (Fsp3) is 0.909. The van der Waals surface area contributed by atoms with Crippen molar-refractivity contribution in [2.45, 2.75) is 19.4 Å². The quantitative estimate of drug-likeness (QED) is 0.662. The maximum absolute atomic E-state index is 11.6. The zero-order valence-corrected chi connectivity index (χ0v) is 9.28. The predicted octanol–water partition coefficient (Wildman–Crippen LogP) is 0.313. The Morgan fingerprint density at radius 2 is 2.33 bits per heavy atom. The highest BCUT2D eigenvalue weighted by molar-refractivity contribution is 5.82. The van der Waals surface area contributed by atoms with Gasteiger partial charge in [-0.15, -0.1) is 0 Å². The minimum atomic E-state index is 0.0871. The largest absolute Gasteiger partial charge is 0.380 e. The zero-order chi connectivity index (χ0) is 10.7. The van der Waals surface area contributed by atoms with Gasteiger partial charge in [-0.2, -0.15) is 0 Å². The van der Waals surface area contributed by atoms with Crippen LogP contribution < -0.4 is 0 Å². The van der Waals surface area contributed by atoms with E-state index in [1.807, 2.05) is 0 Å². The maximum Gasteiger partial charge on any atom is 0.141 e. The maximum atomic E-state index is 11.6. The van der Waals surface area contributed by atoms with E-state index in [2.05, 4.69) is 11.8 Å². The lowest BCUT2D eigenvalue weighted by atomic mass is 9.99. The topological polar surface area (TPSA) is 38.8 Å². The number of nitrogens with zero attached hydrogens (tertiary/aromatic N) is 1. The Morgan fingerprint density at radius 1 is 1.47 bits per heavy atom. The smallest absolute Gasteiger partial charge is 0.141 e. The molecule has 0 spiro atoms. The van der Waals surface area contributed by atoms with Crippen molar-refractivity contribution in [3.63, 3.8) is 0 Å². The van der Waals surface area contributed by atoms with Crippen LogP contribution in [0.1, 0.15) is 13.3 Å². The van der Waals surface area contributed by atoms with Gasteiger partial charge in [0.25, 0.3) is 0 Å². The van der Waals surface area contributed by atoms with Crippen LogP contribution in [0.3, 0.4) is 0 Å². The van der Waals surface area contributed by atoms with E-state index in [1.165, 1.54) is 0 Å². The van der Waals surface area contributed by atoms with Gasteiger partial charge in [-0.1, -0.05) is 0 Å². The van der Waals surface area contributed by atoms with Crippen LogP contribution in [0, 0.1) is 5.92 Å². The molecule has 86 valence electrons. The fourth-order valence-electron chi connectivity index (χ4n) is 2.22. The molecule has 4 nitrogen and oxygen atoms in total. The van der Waals surface area contributed by atoms with Crippen molar-refractivity contribution < 1.29 is 14.3 Å². The van der Waals surface area contributed by atoms with E-state index in [4.69, 9.17) is 9.47 Å². The van der Waals surface area contributed by atoms with Crippen molar-refractivity contribution in [3.05, 3.63) is 0 Å². The van der Waals surface area contributed by atoms with Gasteiger partial charge in [-0.25, -0.2) is 0 Å². The molecule has 0 amide bonds. The van der Waals surface area contributed by atoms with Gasteiger partial charge in [0.1, 0.15) is 5.78 Å². The van der Waals surface area contributed by atoms with Gasteiger partial charge in [0.2, 0.25) is 0 Å². The lowest BCUT2D eigenvalue weighted by Gasteiger charge is -2.34. The van der Waals surface area contributed by atoms with Crippen molar-refractivity contribution in [2.75, 3.05) is 39.5 Å². The van der Waals surface area contributed by atoms with Gasteiger partial charge in [0.15, 0.2) is 0 Å². The first-order valence-electron chi connectivity index (χ1n) is 5.70. The normalized spacial score (nSPS) is 34.3. The molecular formula is C11H19NO3. The third-order valence-electron chi connectivity index (χ3n) is 3.07. The molecule has 0 aromatic rings. The molecule has 4 heteroatoms. The monoisotopic (exact) mass is 213 g/mol. The summed E-state index contributed by atoms with van der Waals surface area (Å²) >= 11 is 0. The highest BCUT2D eigenvalue weighted by atomic mass is 16.5. The van der Waals surface area contributed by atoms with Crippen molar-refractivity contribution in [2.24, 2.45) is 5.92 Å². The Labute approximate surface area is 90.5 Å². The zero-order valence-electron chi connectivity index (χ0n) is 9.28. The number of rotatable bonds is 2. The molecule has 2 saturated heterocycles. The van der Waals surface area contributed by atoms with Crippen LogP contribution in [0.25, 0.3) is 0 Å². The van der Waals surface area contributed by atoms with E-state index in [0.29, 0.717) is 31.5 Å². The molecule has 0 N–H and O–H groups in total. The molecule has 2 aliphatic rings. The van der Waals surface area contributed by atoms with E-state index in [-0.39, 0.29) is 5.92 Å². The van der Waals surface area contributed by atoms with E-state index >= 15 is 0 Å². The lowest BCUT2D eigenvalue weighted by Crippen LogP contribution is -2.46. The molecule has 2 heterocycles. The third kappa shape index (κ3) is 3.00. The number of carbonyl (C=O) groups excluding carboxylic acids is 1. The van der Waals surface area contributed by atoms with Crippen LogP contribution in [0.15, 0.2) is 0 Å². The Kier molecular flexibility index (Phi) is 3.72. The summed E-state index contributed by atoms with van der Waals surface area (Å²) in [5, 5.41) is 0. The van der Waals surface area contributed by atoms with E-state index in [9.17, 15) is 4.79 Å². The van der Waals surface area contributed by atoms with Crippen LogP contribution in [-0.4, -0.2) is 56.2 Å². The van der Waals surface area contributed by atoms with Crippen LogP contribution in [-0.2, 0) is 14.3 Å². The number of ether oxygens (including phenoxy) is 2. The number of morpholine rings is 1. The number of Topliss-reactive ketones (excluding diaryl/α,β-unsaturated/α-hetero) is 1. The molecule has 15 heavy (non-hydrogen) atoms. The Bertz CT molecular complexity index is 232. The van der Waals surface area contributed by atoms with Gasteiger partial charge >= 0.3 is 0 Å². The molecule has 0 bridgehead atoms. The van der Waals surface area contributed by atoms with Crippen molar-refractivity contribution in [1.82, 2.24) is 4.90 Å². The van der Waals surface area contributed by atoms with Gasteiger partial charge < -0.3 is 9.47 Å². The molecule has 2 unspecified atom stereocenters. The summed E-state index contributed by atoms with van der Waals surface area (Å²) in [6.45, 7) is 6.78. The standard InChI is InChI=1S/C11H19NO3/c1-9-6-12(3-5-15-9)7-10-8-14-4-2-11(10)13/h9-10H,2-8H2,1H3. The summed E-state index contributed by atoms with van der Waals surface area (Å²) in [6.07, 6.45) is 0.878. The Hall–Kier alpha value is -0.450. The van der Waals surface area contributed by atoms with Gasteiger partial charge in [0, 0.05) is 26.1 Å². The van der Waals surface area contributed by atoms with Crippen molar-refractivity contribution in [1.29, 1.82) is 0 Å². The molecule has 0 saturated carbocycles. The molecule has 2 atom stereocenters. The fourth-order valence-corrected chi connectivity index (χ4v) is 2.22. The van der Waals surface area contributed by atoms with E-state index < -0.39 is 0 Å². The molecule has 2 aliphatic heterocycles. The third-order valence-corrected chi connectivity index (χ3v) is 3.07. The number of ketones is 1. The van der Waals surface area contributed by atoms with Gasteiger partial charge in [-0.3, -0.25) is 9.69 Å². The minimum Gasteiger partial charge on any atom is -0.380 e. The SMILES string of the molecule is CC1CN(CC2COCCC2=O)CCO1.